The highest BCUT2D eigenvalue weighted by Gasteiger charge is 2.21. The molecule has 0 aromatic heterocycles. The van der Waals surface area contributed by atoms with E-state index in [-0.39, 0.29) is 5.60 Å². The molecule has 4 nitrogen and oxygen atoms in total. The average Bonchev–Trinajstić information content (AvgIpc) is 2.55. The van der Waals surface area contributed by atoms with Crippen molar-refractivity contribution >= 4 is 11.4 Å². The van der Waals surface area contributed by atoms with Gasteiger partial charge in [0.05, 0.1) is 5.69 Å². The first kappa shape index (κ1) is 16.4. The minimum absolute atomic E-state index is 0.171. The Hall–Kier alpha value is -1.42. The van der Waals surface area contributed by atoms with Crippen molar-refractivity contribution in [3.05, 3.63) is 18.2 Å². The van der Waals surface area contributed by atoms with Crippen molar-refractivity contribution in [3.63, 3.8) is 0 Å². The Morgan fingerprint density at radius 2 is 1.61 bits per heavy atom. The maximum atomic E-state index is 6.25. The van der Waals surface area contributed by atoms with Crippen molar-refractivity contribution in [2.75, 3.05) is 49.1 Å². The van der Waals surface area contributed by atoms with E-state index in [0.717, 1.165) is 31.9 Å². The van der Waals surface area contributed by atoms with Crippen LogP contribution in [0.2, 0.25) is 0 Å². The lowest BCUT2D eigenvalue weighted by Crippen LogP contribution is -2.44. The molecular formula is C19H31N3O. The second-order valence-corrected chi connectivity index (χ2v) is 7.65. The zero-order chi connectivity index (χ0) is 16.3. The first-order valence-corrected chi connectivity index (χ1v) is 9.07. The van der Waals surface area contributed by atoms with Gasteiger partial charge in [0.1, 0.15) is 11.4 Å². The molecule has 0 bridgehead atoms. The lowest BCUT2D eigenvalue weighted by Gasteiger charge is -2.35. The predicted molar refractivity (Wildman–Crippen MR) is 98.0 cm³/mol. The number of anilines is 2. The third-order valence-corrected chi connectivity index (χ3v) is 4.54. The van der Waals surface area contributed by atoms with Crippen molar-refractivity contribution in [1.29, 1.82) is 0 Å². The van der Waals surface area contributed by atoms with Crippen molar-refractivity contribution in [2.45, 2.75) is 45.6 Å². The Kier molecular flexibility index (Phi) is 5.00. The van der Waals surface area contributed by atoms with Gasteiger partial charge in [0.25, 0.3) is 0 Å². The molecule has 0 aliphatic carbocycles. The molecule has 0 radical (unpaired) electrons. The minimum Gasteiger partial charge on any atom is -0.486 e. The molecule has 3 rings (SSSR count). The number of ether oxygens (including phenoxy) is 1. The van der Waals surface area contributed by atoms with E-state index in [1.54, 1.807) is 0 Å². The maximum absolute atomic E-state index is 6.25. The van der Waals surface area contributed by atoms with E-state index in [0.29, 0.717) is 0 Å². The summed E-state index contributed by atoms with van der Waals surface area (Å²) in [6.07, 6.45) is 3.98. The first-order chi connectivity index (χ1) is 11.0. The van der Waals surface area contributed by atoms with Gasteiger partial charge in [-0.15, -0.1) is 0 Å². The molecule has 1 aromatic rings. The molecule has 23 heavy (non-hydrogen) atoms. The Morgan fingerprint density at radius 3 is 2.26 bits per heavy atom. The van der Waals surface area contributed by atoms with Gasteiger partial charge in [0, 0.05) is 45.0 Å². The van der Waals surface area contributed by atoms with Crippen molar-refractivity contribution in [3.8, 4) is 5.75 Å². The summed E-state index contributed by atoms with van der Waals surface area (Å²) in [5.41, 5.74) is 2.43. The molecule has 0 unspecified atom stereocenters. The van der Waals surface area contributed by atoms with E-state index >= 15 is 0 Å². The van der Waals surface area contributed by atoms with Crippen LogP contribution in [0.5, 0.6) is 5.75 Å². The monoisotopic (exact) mass is 317 g/mol. The fourth-order valence-electron chi connectivity index (χ4n) is 3.42. The molecule has 2 fully saturated rings. The van der Waals surface area contributed by atoms with E-state index in [1.165, 1.54) is 43.7 Å². The van der Waals surface area contributed by atoms with Gasteiger partial charge in [-0.1, -0.05) is 0 Å². The largest absolute Gasteiger partial charge is 0.486 e. The smallest absolute Gasteiger partial charge is 0.143 e. The van der Waals surface area contributed by atoms with Crippen molar-refractivity contribution in [2.24, 2.45) is 0 Å². The first-order valence-electron chi connectivity index (χ1n) is 9.07. The Balaban J connectivity index is 1.89. The van der Waals surface area contributed by atoms with Crippen LogP contribution < -0.4 is 19.9 Å². The highest BCUT2D eigenvalue weighted by Crippen LogP contribution is 2.36. The quantitative estimate of drug-likeness (QED) is 0.926. The van der Waals surface area contributed by atoms with E-state index in [4.69, 9.17) is 4.74 Å². The van der Waals surface area contributed by atoms with Crippen LogP contribution in [0.15, 0.2) is 18.2 Å². The summed E-state index contributed by atoms with van der Waals surface area (Å²) in [4.78, 5) is 4.99. The summed E-state index contributed by atoms with van der Waals surface area (Å²) >= 11 is 0. The third kappa shape index (κ3) is 4.31. The van der Waals surface area contributed by atoms with Gasteiger partial charge >= 0.3 is 0 Å². The summed E-state index contributed by atoms with van der Waals surface area (Å²) < 4.78 is 6.25. The van der Waals surface area contributed by atoms with Gasteiger partial charge in [0.15, 0.2) is 0 Å². The SMILES string of the molecule is CC(C)(C)Oc1ccc(N2CCCCC2)cc1N1CCNCC1. The highest BCUT2D eigenvalue weighted by atomic mass is 16.5. The average molecular weight is 317 g/mol. The van der Waals surface area contributed by atoms with Crippen LogP contribution in [-0.2, 0) is 0 Å². The molecular weight excluding hydrogens is 286 g/mol. The highest BCUT2D eigenvalue weighted by molar-refractivity contribution is 5.67. The van der Waals surface area contributed by atoms with E-state index in [9.17, 15) is 0 Å². The molecule has 0 spiro atoms. The van der Waals surface area contributed by atoms with Gasteiger partial charge in [-0.3, -0.25) is 0 Å². The standard InChI is InChI=1S/C19H31N3O/c1-19(2,3)23-18-8-7-16(21-11-5-4-6-12-21)15-17(18)22-13-9-20-10-14-22/h7-8,15,20H,4-6,9-14H2,1-3H3. The van der Waals surface area contributed by atoms with Gasteiger partial charge in [-0.05, 0) is 58.2 Å². The van der Waals surface area contributed by atoms with Crippen LogP contribution in [0.3, 0.4) is 0 Å². The zero-order valence-corrected chi connectivity index (χ0v) is 14.9. The molecule has 128 valence electrons. The molecule has 0 saturated carbocycles. The second kappa shape index (κ2) is 7.00. The number of piperazine rings is 1. The molecule has 4 heteroatoms. The summed E-state index contributed by atoms with van der Waals surface area (Å²) in [5.74, 6) is 1.01. The van der Waals surface area contributed by atoms with Crippen LogP contribution >= 0.6 is 0 Å². The molecule has 0 amide bonds. The molecule has 2 aliphatic rings. The Labute approximate surface area is 140 Å². The molecule has 2 saturated heterocycles. The van der Waals surface area contributed by atoms with Gasteiger partial charge in [-0.2, -0.15) is 0 Å². The summed E-state index contributed by atoms with van der Waals surface area (Å²) in [6.45, 7) is 12.9. The number of rotatable bonds is 3. The van der Waals surface area contributed by atoms with Gasteiger partial charge in [-0.25, -0.2) is 0 Å². The second-order valence-electron chi connectivity index (χ2n) is 7.65. The fourth-order valence-corrected chi connectivity index (χ4v) is 3.42. The van der Waals surface area contributed by atoms with E-state index in [1.807, 2.05) is 0 Å². The Bertz CT molecular complexity index is 512. The number of hydrogen-bond acceptors (Lipinski definition) is 4. The van der Waals surface area contributed by atoms with Crippen LogP contribution in [0.4, 0.5) is 11.4 Å². The number of nitrogens with zero attached hydrogens (tertiary/aromatic N) is 2. The van der Waals surface area contributed by atoms with Gasteiger partial charge < -0.3 is 19.9 Å². The summed E-state index contributed by atoms with van der Waals surface area (Å²) in [5, 5.41) is 3.44. The molecule has 1 aromatic carbocycles. The Morgan fingerprint density at radius 1 is 0.913 bits per heavy atom. The summed E-state index contributed by atoms with van der Waals surface area (Å²) in [7, 11) is 0. The summed E-state index contributed by atoms with van der Waals surface area (Å²) in [6, 6.07) is 6.75. The van der Waals surface area contributed by atoms with E-state index in [2.05, 4.69) is 54.1 Å². The zero-order valence-electron chi connectivity index (χ0n) is 14.9. The van der Waals surface area contributed by atoms with Crippen molar-refractivity contribution < 1.29 is 4.74 Å². The minimum atomic E-state index is -0.171. The molecule has 2 aliphatic heterocycles. The van der Waals surface area contributed by atoms with Crippen LogP contribution in [0.25, 0.3) is 0 Å². The van der Waals surface area contributed by atoms with E-state index < -0.39 is 0 Å². The molecule has 2 heterocycles. The lowest BCUT2D eigenvalue weighted by atomic mass is 10.1. The van der Waals surface area contributed by atoms with Crippen LogP contribution in [0, 0.1) is 0 Å². The van der Waals surface area contributed by atoms with Crippen LogP contribution in [-0.4, -0.2) is 44.9 Å². The van der Waals surface area contributed by atoms with Crippen LogP contribution in [0.1, 0.15) is 40.0 Å². The van der Waals surface area contributed by atoms with Gasteiger partial charge in [0.2, 0.25) is 0 Å². The molecule has 0 atom stereocenters. The normalized spacial score (nSPS) is 19.8. The number of benzene rings is 1. The van der Waals surface area contributed by atoms with Crippen molar-refractivity contribution in [1.82, 2.24) is 5.32 Å². The number of piperidine rings is 1. The molecule has 1 N–H and O–H groups in total. The fraction of sp³-hybridized carbons (Fsp3) is 0.684. The maximum Gasteiger partial charge on any atom is 0.143 e. The topological polar surface area (TPSA) is 27.7 Å². The number of nitrogens with one attached hydrogen (secondary N) is 1. The third-order valence-electron chi connectivity index (χ3n) is 4.54. The predicted octanol–water partition coefficient (Wildman–Crippen LogP) is 3.26. The number of hydrogen-bond donors (Lipinski definition) is 1. The lowest BCUT2D eigenvalue weighted by molar-refractivity contribution is 0.131.